The second kappa shape index (κ2) is 15.4. The molecule has 1 rings (SSSR count). The molecule has 0 saturated heterocycles. The summed E-state index contributed by atoms with van der Waals surface area (Å²) in [5.41, 5.74) is 2.14. The average molecular weight is 550 g/mol. The molecule has 0 radical (unpaired) electrons. The van der Waals surface area contributed by atoms with Crippen molar-refractivity contribution in [1.29, 1.82) is 0 Å². The molecule has 0 aliphatic carbocycles. The second-order valence-electron chi connectivity index (χ2n) is 11.9. The van der Waals surface area contributed by atoms with Gasteiger partial charge in [0, 0.05) is 12.1 Å². The normalized spacial score (nSPS) is 14.1. The Hall–Kier alpha value is -2.22. The van der Waals surface area contributed by atoms with E-state index >= 15 is 0 Å². The number of ether oxygens (including phenoxy) is 1. The Morgan fingerprint density at radius 3 is 2.13 bits per heavy atom. The van der Waals surface area contributed by atoms with E-state index < -0.39 is 23.8 Å². The molecule has 0 saturated carbocycles. The number of amides is 3. The first kappa shape index (κ1) is 33.8. The average Bonchev–Trinajstić information content (AvgIpc) is 2.78. The van der Waals surface area contributed by atoms with Gasteiger partial charge < -0.3 is 20.3 Å². The molecule has 1 aromatic rings. The van der Waals surface area contributed by atoms with Crippen LogP contribution in [0.25, 0.3) is 0 Å². The van der Waals surface area contributed by atoms with E-state index in [1.165, 1.54) is 0 Å². The van der Waals surface area contributed by atoms with Crippen LogP contribution in [0.5, 0.6) is 0 Å². The van der Waals surface area contributed by atoms with E-state index in [0.717, 1.165) is 29.5 Å². The molecule has 0 fully saturated rings. The van der Waals surface area contributed by atoms with Gasteiger partial charge in [-0.15, -0.1) is 0 Å². The first-order chi connectivity index (χ1) is 17.6. The van der Waals surface area contributed by atoms with Gasteiger partial charge in [0.25, 0.3) is 0 Å². The highest BCUT2D eigenvalue weighted by Gasteiger charge is 2.39. The predicted molar refractivity (Wildman–Crippen MR) is 158 cm³/mol. The van der Waals surface area contributed by atoms with Crippen molar-refractivity contribution in [1.82, 2.24) is 15.5 Å². The van der Waals surface area contributed by atoms with Crippen LogP contribution in [0.1, 0.15) is 97.4 Å². The van der Waals surface area contributed by atoms with E-state index in [0.29, 0.717) is 18.1 Å². The Kier molecular flexibility index (Phi) is 13.7. The summed E-state index contributed by atoms with van der Waals surface area (Å²) in [5, 5.41) is 5.87. The Bertz CT molecular complexity index is 927. The molecule has 0 spiro atoms. The van der Waals surface area contributed by atoms with Gasteiger partial charge in [-0.2, -0.15) is 11.8 Å². The lowest BCUT2D eigenvalue weighted by molar-refractivity contribution is -0.145. The summed E-state index contributed by atoms with van der Waals surface area (Å²) in [6, 6.07) is 3.90. The zero-order valence-corrected chi connectivity index (χ0v) is 26.3. The number of nitrogens with zero attached hydrogens (tertiary/aromatic N) is 1. The molecule has 0 aromatic heterocycles. The number of thioether (sulfide) groups is 1. The van der Waals surface area contributed by atoms with Crippen molar-refractivity contribution in [2.24, 2.45) is 5.92 Å². The Morgan fingerprint density at radius 1 is 0.974 bits per heavy atom. The predicted octanol–water partition coefficient (Wildman–Crippen LogP) is 6.17. The van der Waals surface area contributed by atoms with Crippen molar-refractivity contribution >= 4 is 29.7 Å². The third kappa shape index (κ3) is 10.9. The summed E-state index contributed by atoms with van der Waals surface area (Å²) >= 11 is 1.60. The van der Waals surface area contributed by atoms with Crippen LogP contribution >= 0.6 is 11.8 Å². The molecule has 0 aliphatic rings. The molecule has 3 atom stereocenters. The number of hydrogen-bond acceptors (Lipinski definition) is 5. The summed E-state index contributed by atoms with van der Waals surface area (Å²) in [6.07, 6.45) is 3.40. The lowest BCUT2D eigenvalue weighted by atomic mass is 9.92. The van der Waals surface area contributed by atoms with Crippen LogP contribution in [-0.2, 0) is 14.3 Å². The fourth-order valence-corrected chi connectivity index (χ4v) is 4.76. The third-order valence-electron chi connectivity index (χ3n) is 6.39. The molecule has 38 heavy (non-hydrogen) atoms. The van der Waals surface area contributed by atoms with Gasteiger partial charge in [-0.25, -0.2) is 4.79 Å². The van der Waals surface area contributed by atoms with Gasteiger partial charge in [0.1, 0.15) is 17.7 Å². The number of carbonyl (C=O) groups excluding carboxylic acids is 3. The van der Waals surface area contributed by atoms with E-state index in [2.05, 4.69) is 24.5 Å². The van der Waals surface area contributed by atoms with E-state index in [-0.39, 0.29) is 23.9 Å². The largest absolute Gasteiger partial charge is 0.444 e. The minimum Gasteiger partial charge on any atom is -0.444 e. The van der Waals surface area contributed by atoms with Crippen molar-refractivity contribution in [3.8, 4) is 0 Å². The maximum Gasteiger partial charge on any atom is 0.408 e. The van der Waals surface area contributed by atoms with Crippen LogP contribution < -0.4 is 10.6 Å². The summed E-state index contributed by atoms with van der Waals surface area (Å²) in [6.45, 7) is 19.5. The molecule has 0 aliphatic heterocycles. The summed E-state index contributed by atoms with van der Waals surface area (Å²) in [4.78, 5) is 42.7. The number of aryl methyl sites for hydroxylation is 1. The Balaban J connectivity index is 3.67. The lowest BCUT2D eigenvalue weighted by Gasteiger charge is -2.39. The fraction of sp³-hybridized carbons (Fsp3) is 0.700. The summed E-state index contributed by atoms with van der Waals surface area (Å²) < 4.78 is 5.49. The topological polar surface area (TPSA) is 87.7 Å². The van der Waals surface area contributed by atoms with Crippen LogP contribution in [0.2, 0.25) is 0 Å². The maximum absolute atomic E-state index is 14.4. The van der Waals surface area contributed by atoms with Gasteiger partial charge in [0.15, 0.2) is 0 Å². The molecule has 0 bridgehead atoms. The van der Waals surface area contributed by atoms with Gasteiger partial charge in [-0.3, -0.25) is 9.59 Å². The molecular formula is C30H51N3O4S. The first-order valence-electron chi connectivity index (χ1n) is 13.8. The molecule has 1 aromatic carbocycles. The van der Waals surface area contributed by atoms with Gasteiger partial charge in [0.2, 0.25) is 11.8 Å². The zero-order chi connectivity index (χ0) is 29.2. The minimum absolute atomic E-state index is 0.0924. The van der Waals surface area contributed by atoms with Gasteiger partial charge in [-0.05, 0) is 109 Å². The SMILES string of the molecule is CSCCC(NC(=O)OC(C)(C)C)C(=O)N(C(C)CCC(C)C)C(C(=O)NC(C)C)c1cccc(C)c1C. The first-order valence-corrected chi connectivity index (χ1v) is 15.2. The second-order valence-corrected chi connectivity index (χ2v) is 12.9. The molecule has 7 nitrogen and oxygen atoms in total. The third-order valence-corrected chi connectivity index (χ3v) is 7.03. The van der Waals surface area contributed by atoms with Gasteiger partial charge in [0.05, 0.1) is 0 Å². The monoisotopic (exact) mass is 549 g/mol. The highest BCUT2D eigenvalue weighted by Crippen LogP contribution is 2.31. The number of rotatable bonds is 13. The van der Waals surface area contributed by atoms with E-state index in [1.807, 2.05) is 59.1 Å². The van der Waals surface area contributed by atoms with Crippen LogP contribution in [0.4, 0.5) is 4.79 Å². The smallest absolute Gasteiger partial charge is 0.408 e. The molecule has 216 valence electrons. The quantitative estimate of drug-likeness (QED) is 0.307. The van der Waals surface area contributed by atoms with Crippen molar-refractivity contribution < 1.29 is 19.1 Å². The van der Waals surface area contributed by atoms with E-state index in [1.54, 1.807) is 37.4 Å². The van der Waals surface area contributed by atoms with Crippen molar-refractivity contribution in [3.63, 3.8) is 0 Å². The van der Waals surface area contributed by atoms with Crippen LogP contribution in [0.15, 0.2) is 18.2 Å². The Labute approximate surface area is 235 Å². The summed E-state index contributed by atoms with van der Waals surface area (Å²) in [7, 11) is 0. The highest BCUT2D eigenvalue weighted by atomic mass is 32.2. The molecule has 3 amide bonds. The fourth-order valence-electron chi connectivity index (χ4n) is 4.29. The molecule has 2 N–H and O–H groups in total. The summed E-state index contributed by atoms with van der Waals surface area (Å²) in [5.74, 6) is 0.628. The van der Waals surface area contributed by atoms with Gasteiger partial charge >= 0.3 is 6.09 Å². The molecule has 8 heteroatoms. The highest BCUT2D eigenvalue weighted by molar-refractivity contribution is 7.98. The minimum atomic E-state index is -0.829. The molecule has 0 heterocycles. The number of hydrogen-bond donors (Lipinski definition) is 2. The van der Waals surface area contributed by atoms with Gasteiger partial charge in [-0.1, -0.05) is 32.0 Å². The van der Waals surface area contributed by atoms with Crippen molar-refractivity contribution in [3.05, 3.63) is 34.9 Å². The maximum atomic E-state index is 14.4. The van der Waals surface area contributed by atoms with E-state index in [9.17, 15) is 14.4 Å². The molecular weight excluding hydrogens is 498 g/mol. The van der Waals surface area contributed by atoms with E-state index in [4.69, 9.17) is 4.74 Å². The van der Waals surface area contributed by atoms with Crippen LogP contribution in [0, 0.1) is 19.8 Å². The lowest BCUT2D eigenvalue weighted by Crippen LogP contribution is -2.56. The number of nitrogens with one attached hydrogen (secondary N) is 2. The standard InChI is InChI=1S/C30H51N3O4S/c1-19(2)15-16-22(6)33(28(35)25(17-18-38-11)32-29(36)37-30(8,9)10)26(27(34)31-20(3)4)24-14-12-13-21(5)23(24)7/h12-14,19-20,22,25-26H,15-18H2,1-11H3,(H,31,34)(H,32,36). The zero-order valence-electron chi connectivity index (χ0n) is 25.4. The Morgan fingerprint density at radius 2 is 1.61 bits per heavy atom. The molecule has 3 unspecified atom stereocenters. The van der Waals surface area contributed by atoms with Crippen molar-refractivity contribution in [2.75, 3.05) is 12.0 Å². The van der Waals surface area contributed by atoms with Crippen LogP contribution in [-0.4, -0.2) is 58.5 Å². The van der Waals surface area contributed by atoms with Crippen molar-refractivity contribution in [2.45, 2.75) is 118 Å². The number of alkyl carbamates (subject to hydrolysis) is 1. The number of carbonyl (C=O) groups is 3. The van der Waals surface area contributed by atoms with Crippen LogP contribution in [0.3, 0.4) is 0 Å². The number of benzene rings is 1.